The Balaban J connectivity index is 3.01. The van der Waals surface area contributed by atoms with E-state index in [9.17, 15) is 0 Å². The van der Waals surface area contributed by atoms with Crippen LogP contribution in [0.4, 0.5) is 0 Å². The topological polar surface area (TPSA) is 39.1 Å². The molecule has 0 amide bonds. The second-order valence-corrected chi connectivity index (χ2v) is 6.49. The number of hydrogen-bond donors (Lipinski definition) is 1. The molecule has 0 radical (unpaired) electrons. The van der Waals surface area contributed by atoms with E-state index in [2.05, 4.69) is 65.6 Å². The highest BCUT2D eigenvalue weighted by molar-refractivity contribution is 9.10. The van der Waals surface area contributed by atoms with Crippen LogP contribution in [0.1, 0.15) is 46.0 Å². The van der Waals surface area contributed by atoms with Gasteiger partial charge in [-0.05, 0) is 49.2 Å². The summed E-state index contributed by atoms with van der Waals surface area (Å²) in [5.41, 5.74) is 2.31. The van der Waals surface area contributed by atoms with Gasteiger partial charge < -0.3 is 10.1 Å². The molecule has 0 saturated heterocycles. The van der Waals surface area contributed by atoms with Crippen LogP contribution in [0.2, 0.25) is 0 Å². The van der Waals surface area contributed by atoms with Gasteiger partial charge in [-0.2, -0.15) is 5.10 Å². The predicted octanol–water partition coefficient (Wildman–Crippen LogP) is 3.56. The van der Waals surface area contributed by atoms with Crippen LogP contribution in [0.15, 0.2) is 4.47 Å². The Kier molecular flexibility index (Phi) is 7.92. The number of ether oxygens (including phenoxy) is 1. The van der Waals surface area contributed by atoms with Gasteiger partial charge in [0.05, 0.1) is 22.0 Å². The molecule has 0 bridgehead atoms. The van der Waals surface area contributed by atoms with Crippen LogP contribution in [0.25, 0.3) is 0 Å². The van der Waals surface area contributed by atoms with Gasteiger partial charge in [-0.1, -0.05) is 20.8 Å². The summed E-state index contributed by atoms with van der Waals surface area (Å²) in [4.78, 5) is 0. The number of aromatic nitrogens is 2. The van der Waals surface area contributed by atoms with E-state index in [1.807, 2.05) is 6.92 Å². The van der Waals surface area contributed by atoms with Crippen molar-refractivity contribution in [3.05, 3.63) is 15.9 Å². The fourth-order valence-electron chi connectivity index (χ4n) is 2.80. The molecule has 0 spiro atoms. The first-order chi connectivity index (χ1) is 9.96. The quantitative estimate of drug-likeness (QED) is 0.732. The highest BCUT2D eigenvalue weighted by atomic mass is 79.9. The number of hydrogen-bond acceptors (Lipinski definition) is 3. The first-order valence-corrected chi connectivity index (χ1v) is 8.82. The van der Waals surface area contributed by atoms with Crippen LogP contribution in [0.3, 0.4) is 0 Å². The van der Waals surface area contributed by atoms with Crippen LogP contribution < -0.4 is 5.32 Å². The van der Waals surface area contributed by atoms with Crippen molar-refractivity contribution in [3.8, 4) is 0 Å². The van der Waals surface area contributed by atoms with Crippen molar-refractivity contribution in [2.24, 2.45) is 5.92 Å². The first kappa shape index (κ1) is 18.7. The zero-order valence-electron chi connectivity index (χ0n) is 14.2. The van der Waals surface area contributed by atoms with Crippen LogP contribution in [0.5, 0.6) is 0 Å². The number of likely N-dealkylation sites (N-methyl/N-ethyl adjacent to an activating group) is 1. The molecule has 0 saturated carbocycles. The third kappa shape index (κ3) is 4.80. The summed E-state index contributed by atoms with van der Waals surface area (Å²) >= 11 is 3.69. The lowest BCUT2D eigenvalue weighted by Crippen LogP contribution is -2.46. The van der Waals surface area contributed by atoms with Crippen molar-refractivity contribution < 1.29 is 4.74 Å². The summed E-state index contributed by atoms with van der Waals surface area (Å²) in [7, 11) is 0. The lowest BCUT2D eigenvalue weighted by atomic mass is 9.95. The van der Waals surface area contributed by atoms with Gasteiger partial charge in [0.15, 0.2) is 0 Å². The van der Waals surface area contributed by atoms with Gasteiger partial charge in [0.1, 0.15) is 0 Å². The molecular weight excluding hydrogens is 330 g/mol. The average molecular weight is 360 g/mol. The molecule has 0 aliphatic carbocycles. The Morgan fingerprint density at radius 2 is 1.95 bits per heavy atom. The van der Waals surface area contributed by atoms with Crippen molar-refractivity contribution in [3.63, 3.8) is 0 Å². The van der Waals surface area contributed by atoms with Gasteiger partial charge in [-0.15, -0.1) is 0 Å². The van der Waals surface area contributed by atoms with Gasteiger partial charge in [-0.25, -0.2) is 0 Å². The van der Waals surface area contributed by atoms with E-state index in [1.165, 1.54) is 5.69 Å². The lowest BCUT2D eigenvalue weighted by Gasteiger charge is -2.31. The van der Waals surface area contributed by atoms with Crippen LogP contribution in [-0.2, 0) is 17.7 Å². The Hall–Kier alpha value is -0.390. The smallest absolute Gasteiger partial charge is 0.0754 e. The predicted molar refractivity (Wildman–Crippen MR) is 91.8 cm³/mol. The van der Waals surface area contributed by atoms with E-state index < -0.39 is 0 Å². The Labute approximate surface area is 137 Å². The molecule has 1 aromatic rings. The number of nitrogens with zero attached hydrogens (tertiary/aromatic N) is 2. The van der Waals surface area contributed by atoms with Crippen molar-refractivity contribution in [2.75, 3.05) is 13.2 Å². The largest absolute Gasteiger partial charge is 0.377 e. The Morgan fingerprint density at radius 1 is 1.29 bits per heavy atom. The highest BCUT2D eigenvalue weighted by Gasteiger charge is 2.27. The molecule has 1 rings (SSSR count). The van der Waals surface area contributed by atoms with E-state index in [0.29, 0.717) is 12.0 Å². The number of rotatable bonds is 9. The Morgan fingerprint density at radius 3 is 2.43 bits per heavy atom. The van der Waals surface area contributed by atoms with Gasteiger partial charge >= 0.3 is 0 Å². The number of aryl methyl sites for hydroxylation is 2. The van der Waals surface area contributed by atoms with Crippen molar-refractivity contribution >= 4 is 15.9 Å². The standard InChI is InChI=1S/C16H30BrN3O/c1-7-18-13(16(11(4)5)21-9-3)10-14-15(17)12(6)19-20(14)8-2/h11,13,16,18H,7-10H2,1-6H3. The zero-order valence-corrected chi connectivity index (χ0v) is 15.8. The fourth-order valence-corrected chi connectivity index (χ4v) is 3.25. The molecule has 4 nitrogen and oxygen atoms in total. The molecule has 0 fully saturated rings. The zero-order chi connectivity index (χ0) is 16.0. The van der Waals surface area contributed by atoms with E-state index in [0.717, 1.165) is 36.3 Å². The van der Waals surface area contributed by atoms with Gasteiger partial charge in [0.25, 0.3) is 0 Å². The monoisotopic (exact) mass is 359 g/mol. The molecule has 1 heterocycles. The summed E-state index contributed by atoms with van der Waals surface area (Å²) in [6.07, 6.45) is 1.13. The average Bonchev–Trinajstić information content (AvgIpc) is 2.71. The molecule has 1 N–H and O–H groups in total. The second kappa shape index (κ2) is 8.91. The minimum absolute atomic E-state index is 0.211. The van der Waals surface area contributed by atoms with Gasteiger partial charge in [0, 0.05) is 25.6 Å². The molecule has 0 aliphatic heterocycles. The van der Waals surface area contributed by atoms with Crippen LogP contribution >= 0.6 is 15.9 Å². The maximum atomic E-state index is 6.00. The molecule has 0 aliphatic rings. The molecular formula is C16H30BrN3O. The number of halogens is 1. The van der Waals surface area contributed by atoms with E-state index in [-0.39, 0.29) is 6.10 Å². The van der Waals surface area contributed by atoms with E-state index in [4.69, 9.17) is 4.74 Å². The molecule has 2 atom stereocenters. The minimum Gasteiger partial charge on any atom is -0.377 e. The Bertz CT molecular complexity index is 431. The number of nitrogens with one attached hydrogen (secondary N) is 1. The molecule has 122 valence electrons. The molecule has 0 aromatic carbocycles. The summed E-state index contributed by atoms with van der Waals surface area (Å²) < 4.78 is 9.22. The van der Waals surface area contributed by atoms with Crippen molar-refractivity contribution in [2.45, 2.75) is 66.7 Å². The summed E-state index contributed by atoms with van der Waals surface area (Å²) in [6.45, 7) is 15.4. The van der Waals surface area contributed by atoms with Crippen LogP contribution in [0, 0.1) is 12.8 Å². The van der Waals surface area contributed by atoms with E-state index in [1.54, 1.807) is 0 Å². The molecule has 5 heteroatoms. The summed E-state index contributed by atoms with van der Waals surface area (Å²) in [5, 5.41) is 8.19. The third-order valence-corrected chi connectivity index (χ3v) is 4.78. The summed E-state index contributed by atoms with van der Waals surface area (Å²) in [5.74, 6) is 0.479. The highest BCUT2D eigenvalue weighted by Crippen LogP contribution is 2.24. The van der Waals surface area contributed by atoms with Crippen molar-refractivity contribution in [1.29, 1.82) is 0 Å². The first-order valence-electron chi connectivity index (χ1n) is 8.02. The molecule has 21 heavy (non-hydrogen) atoms. The second-order valence-electron chi connectivity index (χ2n) is 5.69. The third-order valence-electron chi connectivity index (χ3n) is 3.75. The minimum atomic E-state index is 0.211. The van der Waals surface area contributed by atoms with Crippen molar-refractivity contribution in [1.82, 2.24) is 15.1 Å². The van der Waals surface area contributed by atoms with Gasteiger partial charge in [-0.3, -0.25) is 4.68 Å². The normalized spacial score (nSPS) is 14.7. The van der Waals surface area contributed by atoms with E-state index >= 15 is 0 Å². The fraction of sp³-hybridized carbons (Fsp3) is 0.812. The maximum Gasteiger partial charge on any atom is 0.0754 e. The molecule has 2 unspecified atom stereocenters. The van der Waals surface area contributed by atoms with Crippen LogP contribution in [-0.4, -0.2) is 35.1 Å². The maximum absolute atomic E-state index is 6.00. The SMILES string of the molecule is CCNC(Cc1c(Br)c(C)nn1CC)C(OCC)C(C)C. The molecule has 1 aromatic heterocycles. The lowest BCUT2D eigenvalue weighted by molar-refractivity contribution is 0.00349. The van der Waals surface area contributed by atoms with Gasteiger partial charge in [0.2, 0.25) is 0 Å². The summed E-state index contributed by atoms with van der Waals surface area (Å²) in [6, 6.07) is 0.299.